The summed E-state index contributed by atoms with van der Waals surface area (Å²) >= 11 is 0. The zero-order valence-electron chi connectivity index (χ0n) is 18.2. The SMILES string of the molecule is NCCOc1cnc2ccc(-c3nc(CNc4cccc(F)c4)[nH]c3-c3ccccn3)cc2n1. The number of nitrogens with two attached hydrogens (primary N) is 1. The number of hydrogen-bond acceptors (Lipinski definition) is 7. The number of aromatic nitrogens is 5. The lowest BCUT2D eigenvalue weighted by Gasteiger charge is -2.06. The predicted octanol–water partition coefficient (Wildman–Crippen LogP) is 4.17. The fourth-order valence-electron chi connectivity index (χ4n) is 3.57. The summed E-state index contributed by atoms with van der Waals surface area (Å²) in [6, 6.07) is 17.8. The number of imidazole rings is 1. The molecule has 4 N–H and O–H groups in total. The zero-order valence-corrected chi connectivity index (χ0v) is 18.2. The summed E-state index contributed by atoms with van der Waals surface area (Å²) in [5.74, 6) is 0.805. The van der Waals surface area contributed by atoms with Gasteiger partial charge in [0, 0.05) is 24.0 Å². The van der Waals surface area contributed by atoms with Gasteiger partial charge in [0.2, 0.25) is 5.88 Å². The van der Waals surface area contributed by atoms with Crippen molar-refractivity contribution in [2.24, 2.45) is 5.73 Å². The largest absolute Gasteiger partial charge is 0.475 e. The Morgan fingerprint density at radius 2 is 1.91 bits per heavy atom. The monoisotopic (exact) mass is 455 g/mol. The van der Waals surface area contributed by atoms with Crippen LogP contribution < -0.4 is 15.8 Å². The van der Waals surface area contributed by atoms with Gasteiger partial charge >= 0.3 is 0 Å². The van der Waals surface area contributed by atoms with Crippen LogP contribution in [0.25, 0.3) is 33.7 Å². The molecule has 3 heterocycles. The highest BCUT2D eigenvalue weighted by atomic mass is 19.1. The molecule has 170 valence electrons. The van der Waals surface area contributed by atoms with Crippen LogP contribution in [-0.2, 0) is 6.54 Å². The molecule has 9 heteroatoms. The van der Waals surface area contributed by atoms with Gasteiger partial charge in [-0.05, 0) is 42.5 Å². The van der Waals surface area contributed by atoms with Gasteiger partial charge in [-0.2, -0.15) is 0 Å². The Kier molecular flexibility index (Phi) is 6.09. The molecule has 0 bridgehead atoms. The van der Waals surface area contributed by atoms with Crippen molar-refractivity contribution in [3.63, 3.8) is 0 Å². The van der Waals surface area contributed by atoms with Crippen molar-refractivity contribution < 1.29 is 9.13 Å². The summed E-state index contributed by atoms with van der Waals surface area (Å²) in [4.78, 5) is 21.6. The molecule has 0 saturated carbocycles. The normalized spacial score (nSPS) is 11.0. The number of H-pyrrole nitrogens is 1. The van der Waals surface area contributed by atoms with Gasteiger partial charge in [0.15, 0.2) is 0 Å². The second kappa shape index (κ2) is 9.63. The summed E-state index contributed by atoms with van der Waals surface area (Å²) in [6.07, 6.45) is 3.32. The second-order valence-corrected chi connectivity index (χ2v) is 7.53. The zero-order chi connectivity index (χ0) is 23.3. The van der Waals surface area contributed by atoms with Crippen LogP contribution in [0.2, 0.25) is 0 Å². The third kappa shape index (κ3) is 4.69. The fraction of sp³-hybridized carbons (Fsp3) is 0.120. The minimum Gasteiger partial charge on any atom is -0.475 e. The first-order chi connectivity index (χ1) is 16.7. The lowest BCUT2D eigenvalue weighted by molar-refractivity contribution is 0.315. The van der Waals surface area contributed by atoms with Gasteiger partial charge in [-0.1, -0.05) is 18.2 Å². The van der Waals surface area contributed by atoms with E-state index in [1.54, 1.807) is 24.5 Å². The van der Waals surface area contributed by atoms with Gasteiger partial charge in [0.05, 0.1) is 40.9 Å². The molecule has 0 amide bonds. The Labute approximate surface area is 195 Å². The molecular weight excluding hydrogens is 433 g/mol. The van der Waals surface area contributed by atoms with E-state index in [0.717, 1.165) is 28.2 Å². The van der Waals surface area contributed by atoms with E-state index in [0.29, 0.717) is 42.6 Å². The maximum Gasteiger partial charge on any atom is 0.232 e. The Hall–Kier alpha value is -4.37. The molecule has 0 saturated heterocycles. The molecule has 0 aliphatic heterocycles. The molecule has 5 aromatic rings. The molecule has 8 nitrogen and oxygen atoms in total. The molecule has 0 spiro atoms. The van der Waals surface area contributed by atoms with Crippen LogP contribution in [0.15, 0.2) is 73.1 Å². The topological polar surface area (TPSA) is 115 Å². The Morgan fingerprint density at radius 1 is 0.971 bits per heavy atom. The average Bonchev–Trinajstić information content (AvgIpc) is 3.31. The third-order valence-corrected chi connectivity index (χ3v) is 5.12. The first-order valence-electron chi connectivity index (χ1n) is 10.8. The summed E-state index contributed by atoms with van der Waals surface area (Å²) in [5, 5.41) is 3.20. The van der Waals surface area contributed by atoms with Crippen molar-refractivity contribution in [1.29, 1.82) is 0 Å². The standard InChI is InChI=1S/C25H22FN7O/c26-17-4-3-5-18(13-17)29-14-22-32-24(25(33-22)20-6-1-2-10-28-20)16-7-8-19-21(12-16)31-23(15-30-19)34-11-9-27/h1-8,10,12-13,15,29H,9,11,14,27H2,(H,32,33). The molecule has 0 unspecified atom stereocenters. The van der Waals surface area contributed by atoms with E-state index in [4.69, 9.17) is 15.5 Å². The third-order valence-electron chi connectivity index (χ3n) is 5.12. The van der Waals surface area contributed by atoms with Crippen molar-refractivity contribution in [1.82, 2.24) is 24.9 Å². The summed E-state index contributed by atoms with van der Waals surface area (Å²) in [7, 11) is 0. The van der Waals surface area contributed by atoms with E-state index in [1.165, 1.54) is 12.1 Å². The lowest BCUT2D eigenvalue weighted by atomic mass is 10.1. The Morgan fingerprint density at radius 3 is 2.74 bits per heavy atom. The number of nitrogens with one attached hydrogen (secondary N) is 2. The van der Waals surface area contributed by atoms with Crippen molar-refractivity contribution in [3.8, 4) is 28.5 Å². The van der Waals surface area contributed by atoms with E-state index < -0.39 is 0 Å². The van der Waals surface area contributed by atoms with E-state index >= 15 is 0 Å². The quantitative estimate of drug-likeness (QED) is 0.322. The molecule has 2 aromatic carbocycles. The molecule has 3 aromatic heterocycles. The number of pyridine rings is 1. The number of hydrogen-bond donors (Lipinski definition) is 3. The van der Waals surface area contributed by atoms with Crippen LogP contribution in [0.4, 0.5) is 10.1 Å². The van der Waals surface area contributed by atoms with Gasteiger partial charge in [-0.25, -0.2) is 19.3 Å². The Bertz CT molecular complexity index is 1420. The van der Waals surface area contributed by atoms with Crippen molar-refractivity contribution in [2.45, 2.75) is 6.54 Å². The van der Waals surface area contributed by atoms with Crippen LogP contribution >= 0.6 is 0 Å². The number of nitrogens with zero attached hydrogens (tertiary/aromatic N) is 4. The average molecular weight is 455 g/mol. The van der Waals surface area contributed by atoms with Gasteiger partial charge in [0.25, 0.3) is 0 Å². The highest BCUT2D eigenvalue weighted by Gasteiger charge is 2.16. The van der Waals surface area contributed by atoms with E-state index in [9.17, 15) is 4.39 Å². The van der Waals surface area contributed by atoms with Gasteiger partial charge in [0.1, 0.15) is 18.2 Å². The number of anilines is 1. The van der Waals surface area contributed by atoms with Crippen LogP contribution in [0.3, 0.4) is 0 Å². The molecule has 0 atom stereocenters. The van der Waals surface area contributed by atoms with Crippen LogP contribution in [0, 0.1) is 5.82 Å². The first kappa shape index (κ1) is 21.5. The summed E-state index contributed by atoms with van der Waals surface area (Å²) in [6.45, 7) is 1.14. The highest BCUT2D eigenvalue weighted by molar-refractivity contribution is 5.85. The highest BCUT2D eigenvalue weighted by Crippen LogP contribution is 2.31. The van der Waals surface area contributed by atoms with E-state index in [1.807, 2.05) is 36.4 Å². The van der Waals surface area contributed by atoms with Crippen molar-refractivity contribution >= 4 is 16.7 Å². The fourth-order valence-corrected chi connectivity index (χ4v) is 3.57. The number of aromatic amines is 1. The number of ether oxygens (including phenoxy) is 1. The van der Waals surface area contributed by atoms with Crippen LogP contribution in [0.5, 0.6) is 5.88 Å². The second-order valence-electron chi connectivity index (χ2n) is 7.53. The maximum absolute atomic E-state index is 13.5. The molecule has 0 radical (unpaired) electrons. The van der Waals surface area contributed by atoms with Crippen LogP contribution in [0.1, 0.15) is 5.82 Å². The minimum atomic E-state index is -0.300. The number of halogens is 1. The van der Waals surface area contributed by atoms with Gasteiger partial charge in [-0.15, -0.1) is 0 Å². The van der Waals surface area contributed by atoms with Gasteiger partial charge in [-0.3, -0.25) is 4.98 Å². The van der Waals surface area contributed by atoms with E-state index in [2.05, 4.69) is 25.3 Å². The molecule has 5 rings (SSSR count). The Balaban J connectivity index is 1.51. The molecule has 0 aliphatic carbocycles. The summed E-state index contributed by atoms with van der Waals surface area (Å²) in [5.41, 5.74) is 10.7. The minimum absolute atomic E-state index is 0.300. The first-order valence-corrected chi connectivity index (χ1v) is 10.8. The predicted molar refractivity (Wildman–Crippen MR) is 129 cm³/mol. The van der Waals surface area contributed by atoms with Gasteiger partial charge < -0.3 is 20.8 Å². The molecular formula is C25H22FN7O. The number of benzene rings is 2. The number of fused-ring (bicyclic) bond motifs is 1. The molecule has 0 aliphatic rings. The summed E-state index contributed by atoms with van der Waals surface area (Å²) < 4.78 is 19.1. The number of rotatable bonds is 8. The lowest BCUT2D eigenvalue weighted by Crippen LogP contribution is -2.11. The van der Waals surface area contributed by atoms with Crippen molar-refractivity contribution in [3.05, 3.63) is 84.7 Å². The smallest absolute Gasteiger partial charge is 0.232 e. The van der Waals surface area contributed by atoms with Crippen molar-refractivity contribution in [2.75, 3.05) is 18.5 Å². The maximum atomic E-state index is 13.5. The van der Waals surface area contributed by atoms with E-state index in [-0.39, 0.29) is 5.82 Å². The molecule has 34 heavy (non-hydrogen) atoms. The van der Waals surface area contributed by atoms with Crippen LogP contribution in [-0.4, -0.2) is 38.1 Å². The molecule has 0 fully saturated rings.